The molecule has 3 nitrogen and oxygen atoms in total. The van der Waals surface area contributed by atoms with Crippen LogP contribution in [-0.2, 0) is 11.2 Å². The van der Waals surface area contributed by atoms with Gasteiger partial charge in [0.1, 0.15) is 5.82 Å². The summed E-state index contributed by atoms with van der Waals surface area (Å²) >= 11 is 0. The summed E-state index contributed by atoms with van der Waals surface area (Å²) in [6.45, 7) is 7.44. The zero-order valence-electron chi connectivity index (χ0n) is 11.3. The fourth-order valence-corrected chi connectivity index (χ4v) is 2.00. The van der Waals surface area contributed by atoms with E-state index in [0.717, 1.165) is 18.8 Å². The van der Waals surface area contributed by atoms with Crippen LogP contribution >= 0.6 is 0 Å². The van der Waals surface area contributed by atoms with Gasteiger partial charge in [0.2, 0.25) is 0 Å². The first-order chi connectivity index (χ1) is 8.74. The van der Waals surface area contributed by atoms with Gasteiger partial charge in [-0.3, -0.25) is 0 Å². The lowest BCUT2D eigenvalue weighted by Gasteiger charge is -2.25. The predicted molar refractivity (Wildman–Crippen MR) is 73.5 cm³/mol. The first-order valence-electron chi connectivity index (χ1n) is 6.54. The van der Waals surface area contributed by atoms with Gasteiger partial charge in [-0.25, -0.2) is 4.39 Å². The normalized spacial score (nSPS) is 10.7. The quantitative estimate of drug-likeness (QED) is 0.723. The largest absolute Gasteiger partial charge is 0.380 e. The Balaban J connectivity index is 2.86. The Labute approximate surface area is 109 Å². The van der Waals surface area contributed by atoms with E-state index in [0.29, 0.717) is 31.7 Å². The van der Waals surface area contributed by atoms with E-state index in [4.69, 9.17) is 10.5 Å². The van der Waals surface area contributed by atoms with Gasteiger partial charge in [-0.05, 0) is 38.9 Å². The van der Waals surface area contributed by atoms with Gasteiger partial charge >= 0.3 is 0 Å². The average Bonchev–Trinajstić information content (AvgIpc) is 2.38. The first kappa shape index (κ1) is 14.9. The molecule has 0 unspecified atom stereocenters. The summed E-state index contributed by atoms with van der Waals surface area (Å²) in [4.78, 5) is 2.13. The van der Waals surface area contributed by atoms with Gasteiger partial charge in [-0.15, -0.1) is 0 Å². The van der Waals surface area contributed by atoms with Gasteiger partial charge in [0.15, 0.2) is 0 Å². The molecule has 0 aliphatic heterocycles. The number of likely N-dealkylation sites (N-methyl/N-ethyl adjacent to an activating group) is 1. The van der Waals surface area contributed by atoms with Crippen molar-refractivity contribution in [1.29, 1.82) is 0 Å². The van der Waals surface area contributed by atoms with Crippen LogP contribution in [0, 0.1) is 5.82 Å². The lowest BCUT2D eigenvalue weighted by atomic mass is 10.1. The molecule has 102 valence electrons. The molecule has 0 spiro atoms. The SMILES string of the molecule is CCOCCN(CC)c1cccc(F)c1CCN. The highest BCUT2D eigenvalue weighted by Gasteiger charge is 2.12. The van der Waals surface area contributed by atoms with Gasteiger partial charge in [-0.2, -0.15) is 0 Å². The van der Waals surface area contributed by atoms with Crippen molar-refractivity contribution in [3.8, 4) is 0 Å². The van der Waals surface area contributed by atoms with Crippen molar-refractivity contribution in [2.75, 3.05) is 37.7 Å². The minimum Gasteiger partial charge on any atom is -0.380 e. The Bertz CT molecular complexity index is 358. The number of benzene rings is 1. The molecule has 0 bridgehead atoms. The third kappa shape index (κ3) is 3.96. The van der Waals surface area contributed by atoms with E-state index in [9.17, 15) is 4.39 Å². The minimum atomic E-state index is -0.173. The van der Waals surface area contributed by atoms with Crippen molar-refractivity contribution < 1.29 is 9.13 Å². The highest BCUT2D eigenvalue weighted by atomic mass is 19.1. The van der Waals surface area contributed by atoms with Crippen LogP contribution < -0.4 is 10.6 Å². The van der Waals surface area contributed by atoms with E-state index in [-0.39, 0.29) is 5.82 Å². The molecule has 1 aromatic rings. The third-order valence-corrected chi connectivity index (χ3v) is 2.92. The molecule has 0 heterocycles. The van der Waals surface area contributed by atoms with Crippen LogP contribution in [0.5, 0.6) is 0 Å². The third-order valence-electron chi connectivity index (χ3n) is 2.92. The second-order valence-electron chi connectivity index (χ2n) is 4.05. The summed E-state index contributed by atoms with van der Waals surface area (Å²) < 4.78 is 19.2. The molecule has 0 aromatic heterocycles. The number of nitrogens with two attached hydrogens (primary N) is 1. The smallest absolute Gasteiger partial charge is 0.128 e. The van der Waals surface area contributed by atoms with E-state index in [1.807, 2.05) is 13.0 Å². The predicted octanol–water partition coefficient (Wildman–Crippen LogP) is 2.19. The molecule has 4 heteroatoms. The molecule has 18 heavy (non-hydrogen) atoms. The van der Waals surface area contributed by atoms with E-state index >= 15 is 0 Å². The molecule has 1 aromatic carbocycles. The van der Waals surface area contributed by atoms with Crippen LogP contribution in [0.2, 0.25) is 0 Å². The Kier molecular flexibility index (Phi) is 6.68. The molecule has 0 aliphatic carbocycles. The number of hydrogen-bond donors (Lipinski definition) is 1. The van der Waals surface area contributed by atoms with E-state index in [1.165, 1.54) is 6.07 Å². The first-order valence-corrected chi connectivity index (χ1v) is 6.54. The number of rotatable bonds is 8. The maximum atomic E-state index is 13.8. The van der Waals surface area contributed by atoms with E-state index < -0.39 is 0 Å². The van der Waals surface area contributed by atoms with E-state index in [1.54, 1.807) is 6.07 Å². The van der Waals surface area contributed by atoms with Gasteiger partial charge in [0, 0.05) is 30.9 Å². The van der Waals surface area contributed by atoms with Crippen LogP contribution in [0.1, 0.15) is 19.4 Å². The van der Waals surface area contributed by atoms with Gasteiger partial charge in [0.05, 0.1) is 6.61 Å². The Morgan fingerprint density at radius 2 is 2.11 bits per heavy atom. The molecule has 1 rings (SSSR count). The maximum absolute atomic E-state index is 13.8. The number of nitrogens with zero attached hydrogens (tertiary/aromatic N) is 1. The van der Waals surface area contributed by atoms with Crippen LogP contribution in [0.25, 0.3) is 0 Å². The molecular formula is C14H23FN2O. The molecule has 0 atom stereocenters. The van der Waals surface area contributed by atoms with Crippen molar-refractivity contribution in [2.24, 2.45) is 5.73 Å². The van der Waals surface area contributed by atoms with Crippen molar-refractivity contribution >= 4 is 5.69 Å². The Morgan fingerprint density at radius 3 is 2.72 bits per heavy atom. The summed E-state index contributed by atoms with van der Waals surface area (Å²) in [6.07, 6.45) is 0.563. The number of hydrogen-bond acceptors (Lipinski definition) is 3. The summed E-state index contributed by atoms with van der Waals surface area (Å²) in [5, 5.41) is 0. The number of ether oxygens (including phenoxy) is 1. The van der Waals surface area contributed by atoms with Crippen molar-refractivity contribution in [3.05, 3.63) is 29.6 Å². The summed E-state index contributed by atoms with van der Waals surface area (Å²) in [7, 11) is 0. The number of anilines is 1. The van der Waals surface area contributed by atoms with Gasteiger partial charge in [0.25, 0.3) is 0 Å². The van der Waals surface area contributed by atoms with Crippen LogP contribution in [0.3, 0.4) is 0 Å². The molecule has 2 N–H and O–H groups in total. The molecular weight excluding hydrogens is 231 g/mol. The summed E-state index contributed by atoms with van der Waals surface area (Å²) in [5.41, 5.74) is 7.19. The van der Waals surface area contributed by atoms with Crippen molar-refractivity contribution in [1.82, 2.24) is 0 Å². The van der Waals surface area contributed by atoms with Crippen molar-refractivity contribution in [3.63, 3.8) is 0 Å². The molecule has 0 saturated carbocycles. The average molecular weight is 254 g/mol. The van der Waals surface area contributed by atoms with Crippen LogP contribution in [0.4, 0.5) is 10.1 Å². The van der Waals surface area contributed by atoms with Crippen molar-refractivity contribution in [2.45, 2.75) is 20.3 Å². The van der Waals surface area contributed by atoms with Crippen LogP contribution in [0.15, 0.2) is 18.2 Å². The monoisotopic (exact) mass is 254 g/mol. The fraction of sp³-hybridized carbons (Fsp3) is 0.571. The molecule has 0 saturated heterocycles. The zero-order chi connectivity index (χ0) is 13.4. The Morgan fingerprint density at radius 1 is 1.33 bits per heavy atom. The fourth-order valence-electron chi connectivity index (χ4n) is 2.00. The molecule has 0 fully saturated rings. The number of halogens is 1. The zero-order valence-corrected chi connectivity index (χ0v) is 11.3. The van der Waals surface area contributed by atoms with E-state index in [2.05, 4.69) is 11.8 Å². The lowest BCUT2D eigenvalue weighted by Crippen LogP contribution is -2.28. The van der Waals surface area contributed by atoms with Gasteiger partial charge in [-0.1, -0.05) is 6.07 Å². The molecule has 0 amide bonds. The second kappa shape index (κ2) is 8.06. The maximum Gasteiger partial charge on any atom is 0.128 e. The lowest BCUT2D eigenvalue weighted by molar-refractivity contribution is 0.154. The summed E-state index contributed by atoms with van der Waals surface area (Å²) in [6, 6.07) is 5.18. The van der Waals surface area contributed by atoms with Crippen LogP contribution in [-0.4, -0.2) is 32.8 Å². The topological polar surface area (TPSA) is 38.5 Å². The minimum absolute atomic E-state index is 0.173. The molecule has 0 radical (unpaired) electrons. The molecule has 0 aliphatic rings. The highest BCUT2D eigenvalue weighted by Crippen LogP contribution is 2.23. The standard InChI is InChI=1S/C14H23FN2O/c1-3-17(10-11-18-4-2)14-7-5-6-13(15)12(14)8-9-16/h5-7H,3-4,8-11,16H2,1-2H3. The van der Waals surface area contributed by atoms with Gasteiger partial charge < -0.3 is 15.4 Å². The Hall–Kier alpha value is -1.13. The second-order valence-corrected chi connectivity index (χ2v) is 4.05. The highest BCUT2D eigenvalue weighted by molar-refractivity contribution is 5.54. The summed E-state index contributed by atoms with van der Waals surface area (Å²) in [5.74, 6) is -0.173.